The molecule has 1 unspecified atom stereocenters. The highest BCUT2D eigenvalue weighted by molar-refractivity contribution is 6.09. The average molecular weight is 427 g/mol. The quantitative estimate of drug-likeness (QED) is 0.678. The zero-order valence-electron chi connectivity index (χ0n) is 17.8. The van der Waals surface area contributed by atoms with Crippen LogP contribution >= 0.6 is 0 Å². The molecule has 0 saturated heterocycles. The maximum Gasteiger partial charge on any atom is 0.341 e. The fourth-order valence-corrected chi connectivity index (χ4v) is 4.32. The Kier molecular flexibility index (Phi) is 5.58. The van der Waals surface area contributed by atoms with E-state index in [2.05, 4.69) is 0 Å². The summed E-state index contributed by atoms with van der Waals surface area (Å²) in [6.45, 7) is 4.97. The van der Waals surface area contributed by atoms with Crippen molar-refractivity contribution in [2.45, 2.75) is 32.7 Å². The van der Waals surface area contributed by atoms with Crippen molar-refractivity contribution in [2.24, 2.45) is 5.92 Å². The molecule has 1 atom stereocenters. The fraction of sp³-hybridized carbons (Fsp3) is 0.435. The summed E-state index contributed by atoms with van der Waals surface area (Å²) < 4.78 is 18.5. The number of pyridine rings is 1. The Balaban J connectivity index is 1.91. The molecule has 1 N–H and O–H groups in total. The van der Waals surface area contributed by atoms with E-state index in [9.17, 15) is 19.5 Å². The van der Waals surface area contributed by atoms with E-state index >= 15 is 0 Å². The van der Waals surface area contributed by atoms with Crippen LogP contribution in [0, 0.1) is 5.92 Å². The number of ether oxygens (including phenoxy) is 3. The highest BCUT2D eigenvalue weighted by atomic mass is 16.5. The Hall–Kier alpha value is -3.13. The third kappa shape index (κ3) is 3.61. The zero-order valence-corrected chi connectivity index (χ0v) is 17.8. The summed E-state index contributed by atoms with van der Waals surface area (Å²) in [5.41, 5.74) is 1.59. The van der Waals surface area contributed by atoms with Crippen molar-refractivity contribution in [1.29, 1.82) is 0 Å². The van der Waals surface area contributed by atoms with Gasteiger partial charge in [0.15, 0.2) is 23.5 Å². The number of rotatable bonds is 7. The normalized spacial score (nSPS) is 16.5. The topological polar surface area (TPSA) is 104 Å². The Morgan fingerprint density at radius 1 is 1.26 bits per heavy atom. The monoisotopic (exact) mass is 427 g/mol. The summed E-state index contributed by atoms with van der Waals surface area (Å²) in [7, 11) is 1.62. The highest BCUT2D eigenvalue weighted by Gasteiger charge is 2.37. The van der Waals surface area contributed by atoms with Crippen molar-refractivity contribution in [3.05, 3.63) is 45.2 Å². The molecule has 2 aromatic rings. The molecule has 2 aliphatic heterocycles. The van der Waals surface area contributed by atoms with E-state index in [1.807, 2.05) is 24.5 Å². The van der Waals surface area contributed by atoms with Crippen LogP contribution < -0.4 is 14.9 Å². The van der Waals surface area contributed by atoms with Crippen molar-refractivity contribution in [2.75, 3.05) is 26.9 Å². The number of hydrogen-bond donors (Lipinski definition) is 1. The molecule has 8 nitrogen and oxygen atoms in total. The first-order valence-corrected chi connectivity index (χ1v) is 10.3. The van der Waals surface area contributed by atoms with Gasteiger partial charge in [0.2, 0.25) is 5.78 Å². The fourth-order valence-electron chi connectivity index (χ4n) is 4.32. The molecule has 0 radical (unpaired) electrons. The van der Waals surface area contributed by atoms with E-state index in [1.165, 1.54) is 12.3 Å². The van der Waals surface area contributed by atoms with Gasteiger partial charge in [0, 0.05) is 44.0 Å². The van der Waals surface area contributed by atoms with Crippen LogP contribution in [-0.2, 0) is 11.2 Å². The van der Waals surface area contributed by atoms with Gasteiger partial charge < -0.3 is 23.9 Å². The lowest BCUT2D eigenvalue weighted by molar-refractivity contribution is 0.0693. The summed E-state index contributed by atoms with van der Waals surface area (Å²) in [5, 5.41) is 9.43. The molecule has 1 aromatic heterocycles. The molecule has 2 aliphatic rings. The molecule has 4 rings (SSSR count). The number of benzene rings is 1. The second-order valence-electron chi connectivity index (χ2n) is 8.18. The smallest absolute Gasteiger partial charge is 0.341 e. The van der Waals surface area contributed by atoms with Crippen molar-refractivity contribution in [3.63, 3.8) is 0 Å². The number of ketones is 1. The first-order valence-electron chi connectivity index (χ1n) is 10.3. The van der Waals surface area contributed by atoms with E-state index in [-0.39, 0.29) is 29.9 Å². The van der Waals surface area contributed by atoms with Gasteiger partial charge in [-0.05, 0) is 24.0 Å². The first kappa shape index (κ1) is 21.1. The molecule has 3 heterocycles. The van der Waals surface area contributed by atoms with Crippen molar-refractivity contribution in [3.8, 4) is 22.8 Å². The van der Waals surface area contributed by atoms with Crippen LogP contribution in [0.4, 0.5) is 0 Å². The number of hydrogen-bond acceptors (Lipinski definition) is 6. The summed E-state index contributed by atoms with van der Waals surface area (Å²) >= 11 is 0. The van der Waals surface area contributed by atoms with E-state index in [0.29, 0.717) is 54.4 Å². The van der Waals surface area contributed by atoms with Crippen molar-refractivity contribution >= 4 is 11.8 Å². The van der Waals surface area contributed by atoms with E-state index in [1.54, 1.807) is 7.11 Å². The van der Waals surface area contributed by atoms with Crippen LogP contribution in [-0.4, -0.2) is 48.4 Å². The minimum absolute atomic E-state index is 0.0713. The second kappa shape index (κ2) is 8.19. The van der Waals surface area contributed by atoms with Crippen molar-refractivity contribution in [1.82, 2.24) is 4.57 Å². The molecule has 0 saturated carbocycles. The van der Waals surface area contributed by atoms with E-state index < -0.39 is 11.4 Å². The third-order valence-electron chi connectivity index (χ3n) is 5.83. The third-order valence-corrected chi connectivity index (χ3v) is 5.83. The number of carbonyl (C=O) groups is 2. The largest absolute Gasteiger partial charge is 0.490 e. The van der Waals surface area contributed by atoms with Crippen LogP contribution in [0.25, 0.3) is 11.3 Å². The van der Waals surface area contributed by atoms with Crippen LogP contribution in [0.3, 0.4) is 0 Å². The van der Waals surface area contributed by atoms with Crippen LogP contribution in [0.15, 0.2) is 23.1 Å². The Bertz CT molecular complexity index is 1120. The maximum absolute atomic E-state index is 12.8. The predicted molar refractivity (Wildman–Crippen MR) is 112 cm³/mol. The number of carbonyl (C=O) groups excluding carboxylic acids is 1. The van der Waals surface area contributed by atoms with E-state index in [4.69, 9.17) is 14.2 Å². The molecule has 0 amide bonds. The standard InChI is InChI=1S/C23H25NO7/c1-12(2)15-7-13-8-19(30-6-4-5-29-3)22-21(18(26)11-31-22)20(13)16-9-17(25)14(23(27)28)10-24(15)16/h8-10,12,15H,4-7,11H2,1-3H3,(H,27,28). The van der Waals surface area contributed by atoms with Crippen molar-refractivity contribution < 1.29 is 28.9 Å². The minimum Gasteiger partial charge on any atom is -0.490 e. The van der Waals surface area contributed by atoms with Gasteiger partial charge in [0.05, 0.1) is 17.9 Å². The Morgan fingerprint density at radius 3 is 2.71 bits per heavy atom. The van der Waals surface area contributed by atoms with Gasteiger partial charge >= 0.3 is 5.97 Å². The molecule has 0 bridgehead atoms. The van der Waals surface area contributed by atoms with Gasteiger partial charge in [-0.3, -0.25) is 9.59 Å². The number of carboxylic acids is 1. The molecular formula is C23H25NO7. The molecule has 164 valence electrons. The van der Waals surface area contributed by atoms with Crippen LogP contribution in [0.2, 0.25) is 0 Å². The number of fused-ring (bicyclic) bond motifs is 5. The molecule has 8 heteroatoms. The number of Topliss-reactive ketones (excluding diaryl/α,β-unsaturated/α-hetero) is 1. The summed E-state index contributed by atoms with van der Waals surface area (Å²) in [6.07, 6.45) is 2.67. The van der Waals surface area contributed by atoms with Crippen LogP contribution in [0.5, 0.6) is 11.5 Å². The average Bonchev–Trinajstić information content (AvgIpc) is 3.11. The number of carboxylic acid groups (broad SMARTS) is 1. The summed E-state index contributed by atoms with van der Waals surface area (Å²) in [5.74, 6) is -0.389. The Morgan fingerprint density at radius 2 is 2.03 bits per heavy atom. The van der Waals surface area contributed by atoms with Gasteiger partial charge in [-0.1, -0.05) is 13.8 Å². The van der Waals surface area contributed by atoms with E-state index in [0.717, 1.165) is 5.56 Å². The molecule has 0 fully saturated rings. The second-order valence-corrected chi connectivity index (χ2v) is 8.18. The molecule has 0 aliphatic carbocycles. The number of aromatic carboxylic acids is 1. The highest BCUT2D eigenvalue weighted by Crippen LogP contribution is 2.48. The lowest BCUT2D eigenvalue weighted by Gasteiger charge is -2.34. The molecule has 0 spiro atoms. The summed E-state index contributed by atoms with van der Waals surface area (Å²) in [4.78, 5) is 36.8. The van der Waals surface area contributed by atoms with Gasteiger partial charge in [-0.2, -0.15) is 0 Å². The minimum atomic E-state index is -1.27. The zero-order chi connectivity index (χ0) is 22.3. The lowest BCUT2D eigenvalue weighted by Crippen LogP contribution is -2.29. The first-order chi connectivity index (χ1) is 14.8. The number of nitrogens with zero attached hydrogens (tertiary/aromatic N) is 1. The Labute approximate surface area is 179 Å². The summed E-state index contributed by atoms with van der Waals surface area (Å²) in [6, 6.07) is 3.13. The molecular weight excluding hydrogens is 402 g/mol. The lowest BCUT2D eigenvalue weighted by atomic mass is 9.84. The van der Waals surface area contributed by atoms with Crippen LogP contribution in [0.1, 0.15) is 52.6 Å². The number of aromatic nitrogens is 1. The van der Waals surface area contributed by atoms with Gasteiger partial charge in [0.1, 0.15) is 5.56 Å². The van der Waals surface area contributed by atoms with Gasteiger partial charge in [-0.25, -0.2) is 4.79 Å². The predicted octanol–water partition coefficient (Wildman–Crippen LogP) is 2.96. The molecule has 1 aromatic carbocycles. The van der Waals surface area contributed by atoms with Gasteiger partial charge in [-0.15, -0.1) is 0 Å². The SMILES string of the molecule is COCCCOc1cc2c(c3c1OCC3=O)-c1cc(=O)c(C(=O)O)cn1C(C(C)C)C2. The number of methoxy groups -OCH3 is 1. The molecule has 31 heavy (non-hydrogen) atoms. The van der Waals surface area contributed by atoms with Gasteiger partial charge in [0.25, 0.3) is 0 Å². The maximum atomic E-state index is 12.8.